The van der Waals surface area contributed by atoms with Crippen molar-refractivity contribution >= 4 is 17.5 Å². The molecule has 0 bridgehead atoms. The molecule has 1 aliphatic rings. The molecule has 126 valence electrons. The Labute approximate surface area is 143 Å². The van der Waals surface area contributed by atoms with Gasteiger partial charge in [0.05, 0.1) is 0 Å². The van der Waals surface area contributed by atoms with E-state index in [2.05, 4.69) is 49.8 Å². The molecule has 5 heteroatoms. The average Bonchev–Trinajstić information content (AvgIpc) is 3.06. The molecule has 0 spiro atoms. The molecule has 2 N–H and O–H groups in total. The predicted octanol–water partition coefficient (Wildman–Crippen LogP) is 2.91. The van der Waals surface area contributed by atoms with Crippen LogP contribution < -0.4 is 15.5 Å². The molecular weight excluding hydrogens is 298 g/mol. The fourth-order valence-corrected chi connectivity index (χ4v) is 2.99. The first-order valence-electron chi connectivity index (χ1n) is 8.59. The van der Waals surface area contributed by atoms with Crippen molar-refractivity contribution in [3.63, 3.8) is 0 Å². The number of nitrogens with zero attached hydrogens (tertiary/aromatic N) is 3. The summed E-state index contributed by atoms with van der Waals surface area (Å²) in [6.45, 7) is 2.86. The highest BCUT2D eigenvalue weighted by atomic mass is 15.3. The number of aliphatic imine (C=N–C) groups is 1. The highest BCUT2D eigenvalue weighted by molar-refractivity contribution is 5.97. The lowest BCUT2D eigenvalue weighted by molar-refractivity contribution is 0.723. The van der Waals surface area contributed by atoms with E-state index in [0.717, 1.165) is 50.7 Å². The van der Waals surface area contributed by atoms with E-state index in [1.807, 2.05) is 31.4 Å². The number of aromatic nitrogens is 1. The van der Waals surface area contributed by atoms with Gasteiger partial charge in [-0.1, -0.05) is 24.3 Å². The van der Waals surface area contributed by atoms with Crippen molar-refractivity contribution in [3.8, 4) is 0 Å². The summed E-state index contributed by atoms with van der Waals surface area (Å²) in [5.74, 6) is 1.91. The third-order valence-electron chi connectivity index (χ3n) is 4.21. The van der Waals surface area contributed by atoms with E-state index in [0.29, 0.717) is 0 Å². The van der Waals surface area contributed by atoms with Crippen LogP contribution in [0.25, 0.3) is 0 Å². The minimum atomic E-state index is 0.926. The second kappa shape index (κ2) is 8.34. The lowest BCUT2D eigenvalue weighted by Gasteiger charge is -2.22. The van der Waals surface area contributed by atoms with Crippen molar-refractivity contribution in [2.45, 2.75) is 19.3 Å². The fourth-order valence-electron chi connectivity index (χ4n) is 2.99. The summed E-state index contributed by atoms with van der Waals surface area (Å²) < 4.78 is 0. The zero-order chi connectivity index (χ0) is 16.6. The monoisotopic (exact) mass is 323 g/mol. The Balaban J connectivity index is 1.40. The van der Waals surface area contributed by atoms with E-state index < -0.39 is 0 Å². The Morgan fingerprint density at radius 1 is 1.12 bits per heavy atom. The van der Waals surface area contributed by atoms with E-state index >= 15 is 0 Å². The number of anilines is 2. The Morgan fingerprint density at radius 2 is 1.96 bits per heavy atom. The van der Waals surface area contributed by atoms with Crippen LogP contribution in [0.5, 0.6) is 0 Å². The van der Waals surface area contributed by atoms with E-state index in [-0.39, 0.29) is 0 Å². The first kappa shape index (κ1) is 16.3. The van der Waals surface area contributed by atoms with Crippen LogP contribution in [0, 0.1) is 0 Å². The van der Waals surface area contributed by atoms with Crippen molar-refractivity contribution in [2.75, 3.05) is 36.9 Å². The molecule has 0 atom stereocenters. The van der Waals surface area contributed by atoms with Gasteiger partial charge >= 0.3 is 0 Å². The normalized spacial score (nSPS) is 13.7. The van der Waals surface area contributed by atoms with Crippen LogP contribution in [0.4, 0.5) is 11.5 Å². The molecule has 0 aliphatic carbocycles. The molecule has 1 aromatic heterocycles. The van der Waals surface area contributed by atoms with Crippen molar-refractivity contribution in [3.05, 3.63) is 54.2 Å². The van der Waals surface area contributed by atoms with Crippen LogP contribution in [0.1, 0.15) is 18.4 Å². The Morgan fingerprint density at radius 3 is 2.79 bits per heavy atom. The fraction of sp³-hybridized carbons (Fsp3) is 0.368. The zero-order valence-electron chi connectivity index (χ0n) is 14.2. The van der Waals surface area contributed by atoms with Crippen molar-refractivity contribution in [1.82, 2.24) is 10.3 Å². The summed E-state index contributed by atoms with van der Waals surface area (Å²) in [5, 5.41) is 6.82. The SMILES string of the molecule is CN=C(NCCCCNc1ccccn1)N1CCc2ccccc21. The number of fused-ring (bicyclic) bond motifs is 1. The summed E-state index contributed by atoms with van der Waals surface area (Å²) >= 11 is 0. The molecule has 0 fully saturated rings. The van der Waals surface area contributed by atoms with Gasteiger partial charge in [-0.3, -0.25) is 4.99 Å². The van der Waals surface area contributed by atoms with Gasteiger partial charge in [0.1, 0.15) is 5.82 Å². The van der Waals surface area contributed by atoms with Gasteiger partial charge in [0, 0.05) is 38.6 Å². The molecule has 2 aromatic rings. The Kier molecular flexibility index (Phi) is 5.66. The number of rotatable bonds is 6. The molecule has 1 aromatic carbocycles. The topological polar surface area (TPSA) is 52.6 Å². The van der Waals surface area contributed by atoms with Gasteiger partial charge in [0.2, 0.25) is 0 Å². The summed E-state index contributed by atoms with van der Waals surface area (Å²) in [5.41, 5.74) is 2.68. The van der Waals surface area contributed by atoms with Crippen LogP contribution in [0.2, 0.25) is 0 Å². The molecule has 5 nitrogen and oxygen atoms in total. The third kappa shape index (κ3) is 4.04. The molecule has 0 amide bonds. The number of para-hydroxylation sites is 1. The average molecular weight is 323 g/mol. The van der Waals surface area contributed by atoms with Gasteiger partial charge in [-0.05, 0) is 43.0 Å². The molecule has 2 heterocycles. The minimum Gasteiger partial charge on any atom is -0.370 e. The number of hydrogen-bond donors (Lipinski definition) is 2. The number of hydrogen-bond acceptors (Lipinski definition) is 3. The highest BCUT2D eigenvalue weighted by Crippen LogP contribution is 2.27. The maximum absolute atomic E-state index is 4.44. The van der Waals surface area contributed by atoms with Crippen molar-refractivity contribution in [2.24, 2.45) is 4.99 Å². The van der Waals surface area contributed by atoms with Crippen LogP contribution in [0.15, 0.2) is 53.7 Å². The first-order chi connectivity index (χ1) is 11.9. The summed E-state index contributed by atoms with van der Waals surface area (Å²) in [6, 6.07) is 14.5. The molecule has 3 rings (SSSR count). The molecule has 0 radical (unpaired) electrons. The van der Waals surface area contributed by atoms with Gasteiger partial charge in [-0.25, -0.2) is 4.98 Å². The molecule has 1 aliphatic heterocycles. The quantitative estimate of drug-likeness (QED) is 0.487. The Hall–Kier alpha value is -2.56. The van der Waals surface area contributed by atoms with Gasteiger partial charge < -0.3 is 15.5 Å². The van der Waals surface area contributed by atoms with Gasteiger partial charge in [-0.15, -0.1) is 0 Å². The molecule has 0 saturated heterocycles. The summed E-state index contributed by atoms with van der Waals surface area (Å²) in [6.07, 6.45) is 5.08. The number of guanidine groups is 1. The van der Waals surface area contributed by atoms with E-state index in [1.165, 1.54) is 11.3 Å². The first-order valence-corrected chi connectivity index (χ1v) is 8.59. The number of pyridine rings is 1. The Bertz CT molecular complexity index is 668. The maximum atomic E-state index is 4.44. The number of unbranched alkanes of at least 4 members (excludes halogenated alkanes) is 1. The molecule has 24 heavy (non-hydrogen) atoms. The smallest absolute Gasteiger partial charge is 0.198 e. The van der Waals surface area contributed by atoms with E-state index in [4.69, 9.17) is 0 Å². The maximum Gasteiger partial charge on any atom is 0.198 e. The van der Waals surface area contributed by atoms with Crippen LogP contribution in [-0.4, -0.2) is 37.6 Å². The second-order valence-corrected chi connectivity index (χ2v) is 5.85. The van der Waals surface area contributed by atoms with Crippen LogP contribution in [-0.2, 0) is 6.42 Å². The summed E-state index contributed by atoms with van der Waals surface area (Å²) in [7, 11) is 1.85. The van der Waals surface area contributed by atoms with Crippen LogP contribution in [0.3, 0.4) is 0 Å². The lowest BCUT2D eigenvalue weighted by Crippen LogP contribution is -2.41. The minimum absolute atomic E-state index is 0.926. The standard InChI is InChI=1S/C19H25N5/c1-20-19(24-15-11-16-8-2-3-9-17(16)24)23-14-7-6-13-22-18-10-4-5-12-21-18/h2-5,8-10,12H,6-7,11,13-15H2,1H3,(H,20,23)(H,21,22). The predicted molar refractivity (Wildman–Crippen MR) is 101 cm³/mol. The number of benzene rings is 1. The third-order valence-corrected chi connectivity index (χ3v) is 4.21. The number of nitrogens with one attached hydrogen (secondary N) is 2. The van der Waals surface area contributed by atoms with Crippen molar-refractivity contribution in [1.29, 1.82) is 0 Å². The highest BCUT2D eigenvalue weighted by Gasteiger charge is 2.21. The zero-order valence-corrected chi connectivity index (χ0v) is 14.2. The largest absolute Gasteiger partial charge is 0.370 e. The van der Waals surface area contributed by atoms with Gasteiger partial charge in [-0.2, -0.15) is 0 Å². The molecule has 0 unspecified atom stereocenters. The second-order valence-electron chi connectivity index (χ2n) is 5.85. The summed E-state index contributed by atoms with van der Waals surface area (Å²) in [4.78, 5) is 11.0. The van der Waals surface area contributed by atoms with Gasteiger partial charge in [0.25, 0.3) is 0 Å². The molecular formula is C19H25N5. The lowest BCUT2D eigenvalue weighted by atomic mass is 10.2. The van der Waals surface area contributed by atoms with Crippen molar-refractivity contribution < 1.29 is 0 Å². The molecule has 0 saturated carbocycles. The van der Waals surface area contributed by atoms with E-state index in [1.54, 1.807) is 0 Å². The van der Waals surface area contributed by atoms with E-state index in [9.17, 15) is 0 Å². The van der Waals surface area contributed by atoms with Crippen LogP contribution >= 0.6 is 0 Å². The van der Waals surface area contributed by atoms with Gasteiger partial charge in [0.15, 0.2) is 5.96 Å².